The van der Waals surface area contributed by atoms with Crippen molar-refractivity contribution in [1.29, 1.82) is 0 Å². The molecule has 0 bridgehead atoms. The fourth-order valence-electron chi connectivity index (χ4n) is 2.30. The lowest BCUT2D eigenvalue weighted by Gasteiger charge is -2.29. The third kappa shape index (κ3) is 3.73. The van der Waals surface area contributed by atoms with Gasteiger partial charge in [-0.15, -0.1) is 11.3 Å². The van der Waals surface area contributed by atoms with Crippen molar-refractivity contribution in [2.45, 2.75) is 31.1 Å². The first kappa shape index (κ1) is 14.9. The topological polar surface area (TPSA) is 29.3 Å². The van der Waals surface area contributed by atoms with E-state index in [9.17, 15) is 0 Å². The minimum Gasteiger partial charge on any atom is -0.329 e. The van der Waals surface area contributed by atoms with Gasteiger partial charge in [-0.05, 0) is 28.4 Å². The summed E-state index contributed by atoms with van der Waals surface area (Å²) in [4.78, 5) is 3.94. The maximum atomic E-state index is 6.01. The minimum absolute atomic E-state index is 0.385. The highest BCUT2D eigenvalue weighted by atomic mass is 79.9. The average Bonchev–Trinajstić information content (AvgIpc) is 2.64. The Balaban J connectivity index is 2.08. The molecule has 5 heteroatoms. The number of nitrogens with zero attached hydrogens (tertiary/aromatic N) is 1. The minimum atomic E-state index is 0.385. The summed E-state index contributed by atoms with van der Waals surface area (Å²) in [6.07, 6.45) is 1.24. The highest BCUT2D eigenvalue weighted by Crippen LogP contribution is 2.35. The summed E-state index contributed by atoms with van der Waals surface area (Å²) in [5.74, 6) is 1.20. The van der Waals surface area contributed by atoms with Crippen molar-refractivity contribution in [3.63, 3.8) is 0 Å². The Morgan fingerprint density at radius 3 is 2.89 bits per heavy atom. The van der Waals surface area contributed by atoms with Crippen LogP contribution in [0.1, 0.15) is 31.2 Å². The smallest absolute Gasteiger partial charge is 0.0564 e. The van der Waals surface area contributed by atoms with Gasteiger partial charge in [-0.2, -0.15) is 11.8 Å². The van der Waals surface area contributed by atoms with Crippen LogP contribution in [0.5, 0.6) is 0 Å². The van der Waals surface area contributed by atoms with Crippen molar-refractivity contribution < 1.29 is 0 Å². The SMILES string of the molecule is CC1(C)CCN(C(CN)c2cc(Br)cs2)CCS1. The molecule has 2 heterocycles. The van der Waals surface area contributed by atoms with Gasteiger partial charge in [0.1, 0.15) is 0 Å². The van der Waals surface area contributed by atoms with Crippen LogP contribution in [-0.2, 0) is 0 Å². The molecule has 2 rings (SSSR count). The van der Waals surface area contributed by atoms with Gasteiger partial charge in [-0.25, -0.2) is 0 Å². The zero-order valence-corrected chi connectivity index (χ0v) is 14.2. The van der Waals surface area contributed by atoms with Crippen LogP contribution in [0, 0.1) is 0 Å². The predicted octanol–water partition coefficient (Wildman–Crippen LogP) is 3.73. The summed E-state index contributed by atoms with van der Waals surface area (Å²) in [6.45, 7) is 7.70. The van der Waals surface area contributed by atoms with Crippen LogP contribution in [0.2, 0.25) is 0 Å². The van der Waals surface area contributed by atoms with Gasteiger partial charge in [0.05, 0.1) is 6.04 Å². The van der Waals surface area contributed by atoms with Crippen LogP contribution in [0.4, 0.5) is 0 Å². The number of nitrogens with two attached hydrogens (primary N) is 1. The molecule has 1 aromatic heterocycles. The molecular weight excluding hydrogens is 328 g/mol. The maximum Gasteiger partial charge on any atom is 0.0564 e. The second-order valence-corrected chi connectivity index (χ2v) is 8.97. The van der Waals surface area contributed by atoms with Gasteiger partial charge in [0.2, 0.25) is 0 Å². The van der Waals surface area contributed by atoms with E-state index < -0.39 is 0 Å². The number of hydrogen-bond donors (Lipinski definition) is 1. The molecule has 1 saturated heterocycles. The van der Waals surface area contributed by atoms with E-state index in [1.165, 1.54) is 21.5 Å². The van der Waals surface area contributed by atoms with E-state index in [0.717, 1.165) is 13.1 Å². The highest BCUT2D eigenvalue weighted by molar-refractivity contribution is 9.10. The summed E-state index contributed by atoms with van der Waals surface area (Å²) < 4.78 is 1.58. The molecule has 2 nitrogen and oxygen atoms in total. The van der Waals surface area contributed by atoms with E-state index in [4.69, 9.17) is 5.73 Å². The molecule has 1 aromatic rings. The number of thioether (sulfide) groups is 1. The van der Waals surface area contributed by atoms with Crippen molar-refractivity contribution >= 4 is 39.0 Å². The molecular formula is C13H21BrN2S2. The first-order valence-electron chi connectivity index (χ1n) is 6.34. The van der Waals surface area contributed by atoms with Gasteiger partial charge < -0.3 is 5.73 Å². The van der Waals surface area contributed by atoms with Crippen LogP contribution in [0.25, 0.3) is 0 Å². The highest BCUT2D eigenvalue weighted by Gasteiger charge is 2.28. The second-order valence-electron chi connectivity index (χ2n) is 5.31. The normalized spacial score (nSPS) is 22.7. The molecule has 1 fully saturated rings. The molecule has 0 saturated carbocycles. The lowest BCUT2D eigenvalue weighted by atomic mass is 10.1. The number of halogens is 1. The Labute approximate surface area is 126 Å². The zero-order chi connectivity index (χ0) is 13.2. The molecule has 0 spiro atoms. The number of thiophene rings is 1. The van der Waals surface area contributed by atoms with E-state index in [1.807, 2.05) is 11.3 Å². The third-order valence-corrected chi connectivity index (χ3v) is 6.62. The first-order valence-corrected chi connectivity index (χ1v) is 9.00. The first-order chi connectivity index (χ1) is 8.52. The molecule has 0 radical (unpaired) electrons. The van der Waals surface area contributed by atoms with Crippen molar-refractivity contribution in [3.05, 3.63) is 20.8 Å². The number of rotatable bonds is 3. The van der Waals surface area contributed by atoms with Gasteiger partial charge >= 0.3 is 0 Å². The standard InChI is InChI=1S/C13H21BrN2S2/c1-13(2)3-4-16(5-6-18-13)11(8-15)12-7-10(14)9-17-12/h7,9,11H,3-6,8,15H2,1-2H3. The van der Waals surface area contributed by atoms with Gasteiger partial charge in [0, 0.05) is 44.9 Å². The fraction of sp³-hybridized carbons (Fsp3) is 0.692. The Kier molecular flexibility index (Phi) is 5.17. The summed E-state index contributed by atoms with van der Waals surface area (Å²) in [6, 6.07) is 2.60. The van der Waals surface area contributed by atoms with E-state index in [0.29, 0.717) is 17.3 Å². The van der Waals surface area contributed by atoms with Crippen molar-refractivity contribution in [1.82, 2.24) is 4.90 Å². The lowest BCUT2D eigenvalue weighted by molar-refractivity contribution is 0.213. The monoisotopic (exact) mass is 348 g/mol. The van der Waals surface area contributed by atoms with Crippen molar-refractivity contribution in [2.75, 3.05) is 25.4 Å². The molecule has 102 valence electrons. The lowest BCUT2D eigenvalue weighted by Crippen LogP contribution is -2.35. The van der Waals surface area contributed by atoms with Crippen LogP contribution in [-0.4, -0.2) is 35.0 Å². The van der Waals surface area contributed by atoms with Crippen LogP contribution in [0.3, 0.4) is 0 Å². The second kappa shape index (κ2) is 6.27. The van der Waals surface area contributed by atoms with Crippen molar-refractivity contribution in [3.8, 4) is 0 Å². The van der Waals surface area contributed by atoms with Crippen LogP contribution >= 0.6 is 39.0 Å². The van der Waals surface area contributed by atoms with E-state index in [2.05, 4.69) is 57.9 Å². The van der Waals surface area contributed by atoms with Crippen molar-refractivity contribution in [2.24, 2.45) is 5.73 Å². The predicted molar refractivity (Wildman–Crippen MR) is 86.5 cm³/mol. The molecule has 1 aliphatic rings. The van der Waals surface area contributed by atoms with E-state index >= 15 is 0 Å². The Hall–Kier alpha value is 0.450. The third-order valence-electron chi connectivity index (χ3n) is 3.45. The molecule has 18 heavy (non-hydrogen) atoms. The van der Waals surface area contributed by atoms with Gasteiger partial charge in [0.25, 0.3) is 0 Å². The molecule has 0 aliphatic carbocycles. The Bertz CT molecular complexity index is 392. The van der Waals surface area contributed by atoms with E-state index in [1.54, 1.807) is 0 Å². The Morgan fingerprint density at radius 1 is 1.50 bits per heavy atom. The Morgan fingerprint density at radius 2 is 2.28 bits per heavy atom. The molecule has 1 aliphatic heterocycles. The van der Waals surface area contributed by atoms with Crippen LogP contribution < -0.4 is 5.73 Å². The van der Waals surface area contributed by atoms with Gasteiger partial charge in [-0.3, -0.25) is 4.90 Å². The largest absolute Gasteiger partial charge is 0.329 e. The zero-order valence-electron chi connectivity index (χ0n) is 11.0. The van der Waals surface area contributed by atoms with Gasteiger partial charge in [-0.1, -0.05) is 13.8 Å². The number of hydrogen-bond acceptors (Lipinski definition) is 4. The molecule has 0 aromatic carbocycles. The summed E-state index contributed by atoms with van der Waals surface area (Å²) in [5, 5.41) is 2.15. The molecule has 2 N–H and O–H groups in total. The maximum absolute atomic E-state index is 6.01. The summed E-state index contributed by atoms with van der Waals surface area (Å²) in [7, 11) is 0. The average molecular weight is 349 g/mol. The summed E-state index contributed by atoms with van der Waals surface area (Å²) in [5.41, 5.74) is 6.01. The van der Waals surface area contributed by atoms with Crippen LogP contribution in [0.15, 0.2) is 15.9 Å². The quantitative estimate of drug-likeness (QED) is 0.902. The molecule has 1 atom stereocenters. The van der Waals surface area contributed by atoms with E-state index in [-0.39, 0.29) is 0 Å². The fourth-order valence-corrected chi connectivity index (χ4v) is 5.00. The molecule has 1 unspecified atom stereocenters. The van der Waals surface area contributed by atoms with Gasteiger partial charge in [0.15, 0.2) is 0 Å². The summed E-state index contributed by atoms with van der Waals surface area (Å²) >= 11 is 7.43. The molecule has 0 amide bonds.